The molecule has 43 heavy (non-hydrogen) atoms. The number of aromatic carboxylic acids is 1. The van der Waals surface area contributed by atoms with E-state index in [0.717, 1.165) is 16.0 Å². The number of thioether (sulfide) groups is 1. The van der Waals surface area contributed by atoms with Crippen molar-refractivity contribution in [2.45, 2.75) is 30.4 Å². The molecular formula is C34H31N3O5S. The second-order valence-electron chi connectivity index (χ2n) is 9.66. The van der Waals surface area contributed by atoms with Crippen LogP contribution in [0.5, 0.6) is 0 Å². The largest absolute Gasteiger partial charge is 0.478 e. The van der Waals surface area contributed by atoms with Crippen LogP contribution in [0.25, 0.3) is 6.08 Å². The van der Waals surface area contributed by atoms with Gasteiger partial charge < -0.3 is 21.1 Å². The van der Waals surface area contributed by atoms with E-state index in [1.54, 1.807) is 60.7 Å². The summed E-state index contributed by atoms with van der Waals surface area (Å²) in [5, 5.41) is 17.1. The summed E-state index contributed by atoms with van der Waals surface area (Å²) in [6.07, 6.45) is 2.16. The summed E-state index contributed by atoms with van der Waals surface area (Å²) >= 11 is 1.34. The minimum Gasteiger partial charge on any atom is -0.478 e. The van der Waals surface area contributed by atoms with Gasteiger partial charge in [0.1, 0.15) is 5.70 Å². The Bertz CT molecular complexity index is 1650. The van der Waals surface area contributed by atoms with Crippen molar-refractivity contribution in [3.8, 4) is 0 Å². The van der Waals surface area contributed by atoms with E-state index in [0.29, 0.717) is 23.4 Å². The number of rotatable bonds is 11. The zero-order valence-corrected chi connectivity index (χ0v) is 24.5. The van der Waals surface area contributed by atoms with Gasteiger partial charge in [0.05, 0.1) is 10.8 Å². The fourth-order valence-electron chi connectivity index (χ4n) is 4.12. The summed E-state index contributed by atoms with van der Waals surface area (Å²) in [6.45, 7) is 3.84. The van der Waals surface area contributed by atoms with E-state index in [2.05, 4.69) is 16.0 Å². The molecule has 4 aromatic carbocycles. The minimum atomic E-state index is -1.04. The summed E-state index contributed by atoms with van der Waals surface area (Å²) in [7, 11) is 0. The highest BCUT2D eigenvalue weighted by Gasteiger charge is 2.20. The zero-order chi connectivity index (χ0) is 30.8. The van der Waals surface area contributed by atoms with Crippen molar-refractivity contribution in [3.63, 3.8) is 0 Å². The van der Waals surface area contributed by atoms with Crippen LogP contribution in [-0.2, 0) is 9.59 Å². The van der Waals surface area contributed by atoms with Gasteiger partial charge in [-0.1, -0.05) is 61.0 Å². The number of hydrogen-bond donors (Lipinski definition) is 4. The molecule has 1 unspecified atom stereocenters. The summed E-state index contributed by atoms with van der Waals surface area (Å²) in [6, 6.07) is 29.3. The molecule has 0 aliphatic heterocycles. The molecule has 0 saturated heterocycles. The number of carboxylic acids is 1. The lowest BCUT2D eigenvalue weighted by atomic mass is 10.1. The van der Waals surface area contributed by atoms with E-state index >= 15 is 0 Å². The molecule has 4 rings (SSSR count). The van der Waals surface area contributed by atoms with Crippen molar-refractivity contribution in [1.82, 2.24) is 5.32 Å². The van der Waals surface area contributed by atoms with Crippen LogP contribution >= 0.6 is 11.8 Å². The van der Waals surface area contributed by atoms with Crippen LogP contribution in [-0.4, -0.2) is 34.0 Å². The van der Waals surface area contributed by atoms with Gasteiger partial charge in [-0.3, -0.25) is 14.4 Å². The van der Waals surface area contributed by atoms with Gasteiger partial charge in [0.25, 0.3) is 11.8 Å². The average molecular weight is 594 g/mol. The normalized spacial score (nSPS) is 11.7. The zero-order valence-electron chi connectivity index (χ0n) is 23.7. The van der Waals surface area contributed by atoms with Crippen LogP contribution in [0, 0.1) is 6.92 Å². The Morgan fingerprint density at radius 3 is 2.19 bits per heavy atom. The van der Waals surface area contributed by atoms with Crippen molar-refractivity contribution in [2.75, 3.05) is 10.6 Å². The van der Waals surface area contributed by atoms with E-state index in [1.165, 1.54) is 23.9 Å². The number of benzene rings is 4. The Labute approximate surface area is 254 Å². The number of nitrogens with one attached hydrogen (secondary N) is 3. The van der Waals surface area contributed by atoms with E-state index in [1.807, 2.05) is 50.2 Å². The monoisotopic (exact) mass is 593 g/mol. The highest BCUT2D eigenvalue weighted by atomic mass is 32.2. The molecule has 0 heterocycles. The van der Waals surface area contributed by atoms with E-state index in [4.69, 9.17) is 5.11 Å². The first-order valence-electron chi connectivity index (χ1n) is 13.6. The van der Waals surface area contributed by atoms with Crippen molar-refractivity contribution < 1.29 is 24.3 Å². The number of anilines is 2. The number of carbonyl (C=O) groups is 4. The van der Waals surface area contributed by atoms with Gasteiger partial charge in [-0.25, -0.2) is 4.79 Å². The molecule has 0 aliphatic rings. The van der Waals surface area contributed by atoms with Crippen molar-refractivity contribution in [3.05, 3.63) is 131 Å². The Hall–Kier alpha value is -5.15. The van der Waals surface area contributed by atoms with E-state index in [-0.39, 0.29) is 17.2 Å². The quantitative estimate of drug-likeness (QED) is 0.115. The van der Waals surface area contributed by atoms with Crippen molar-refractivity contribution in [1.29, 1.82) is 0 Å². The third kappa shape index (κ3) is 8.92. The van der Waals surface area contributed by atoms with Crippen molar-refractivity contribution >= 4 is 52.9 Å². The molecular weight excluding hydrogens is 562 g/mol. The van der Waals surface area contributed by atoms with Crippen LogP contribution < -0.4 is 16.0 Å². The fourth-order valence-corrected chi connectivity index (χ4v) is 5.13. The first kappa shape index (κ1) is 30.8. The maximum absolute atomic E-state index is 13.4. The van der Waals surface area contributed by atoms with Gasteiger partial charge in [-0.15, -0.1) is 11.8 Å². The number of aryl methyl sites for hydroxylation is 1. The van der Waals surface area contributed by atoms with Gasteiger partial charge >= 0.3 is 5.97 Å². The van der Waals surface area contributed by atoms with Crippen LogP contribution in [0.4, 0.5) is 11.4 Å². The number of amides is 3. The van der Waals surface area contributed by atoms with E-state index in [9.17, 15) is 19.2 Å². The lowest BCUT2D eigenvalue weighted by molar-refractivity contribution is -0.116. The molecule has 0 bridgehead atoms. The molecule has 0 spiro atoms. The van der Waals surface area contributed by atoms with Crippen LogP contribution in [0.15, 0.2) is 114 Å². The van der Waals surface area contributed by atoms with Gasteiger partial charge in [0.2, 0.25) is 5.91 Å². The lowest BCUT2D eigenvalue weighted by Gasteiger charge is -2.16. The standard InChI is InChI=1S/C34H31N3O5S/c1-3-30(33(40)35-26-17-15-25(16-18-26)34(41)42)43-28-14-8-13-27(21-28)36-32(39)29(20-23-10-7-9-22(2)19-23)37-31(38)24-11-5-4-6-12-24/h4-21,30H,3H2,1-2H3,(H,35,40)(H,36,39)(H,37,38)(H,41,42)/b29-20+. The molecule has 9 heteroatoms. The molecule has 0 saturated carbocycles. The van der Waals surface area contributed by atoms with Crippen LogP contribution in [0.3, 0.4) is 0 Å². The molecule has 8 nitrogen and oxygen atoms in total. The van der Waals surface area contributed by atoms with Crippen LogP contribution in [0.2, 0.25) is 0 Å². The van der Waals surface area contributed by atoms with Crippen molar-refractivity contribution in [2.24, 2.45) is 0 Å². The third-order valence-corrected chi connectivity index (χ3v) is 7.67. The molecule has 3 amide bonds. The van der Waals surface area contributed by atoms with Gasteiger partial charge in [0, 0.05) is 21.8 Å². The highest BCUT2D eigenvalue weighted by Crippen LogP contribution is 2.29. The summed E-state index contributed by atoms with van der Waals surface area (Å²) in [4.78, 5) is 51.2. The lowest BCUT2D eigenvalue weighted by Crippen LogP contribution is -2.30. The summed E-state index contributed by atoms with van der Waals surface area (Å²) in [5.74, 6) is -2.17. The number of carbonyl (C=O) groups excluding carboxylic acids is 3. The van der Waals surface area contributed by atoms with Gasteiger partial charge in [0.15, 0.2) is 0 Å². The molecule has 1 atom stereocenters. The maximum atomic E-state index is 13.4. The molecule has 0 aromatic heterocycles. The summed E-state index contributed by atoms with van der Waals surface area (Å²) < 4.78 is 0. The Balaban J connectivity index is 1.48. The van der Waals surface area contributed by atoms with Gasteiger partial charge in [-0.05, 0) is 79.6 Å². The first-order chi connectivity index (χ1) is 20.7. The molecule has 0 aliphatic carbocycles. The summed E-state index contributed by atoms with van der Waals surface area (Å²) in [5.41, 5.74) is 3.41. The Morgan fingerprint density at radius 1 is 0.791 bits per heavy atom. The Kier molecular flexibility index (Phi) is 10.5. The van der Waals surface area contributed by atoms with Crippen LogP contribution in [0.1, 0.15) is 45.2 Å². The second kappa shape index (κ2) is 14.7. The third-order valence-electron chi connectivity index (χ3n) is 6.31. The molecule has 4 N–H and O–H groups in total. The maximum Gasteiger partial charge on any atom is 0.335 e. The first-order valence-corrected chi connectivity index (χ1v) is 14.5. The average Bonchev–Trinajstić information content (AvgIpc) is 3.00. The van der Waals surface area contributed by atoms with E-state index < -0.39 is 23.0 Å². The molecule has 0 fully saturated rings. The molecule has 4 aromatic rings. The fraction of sp³-hybridized carbons (Fsp3) is 0.118. The number of hydrogen-bond acceptors (Lipinski definition) is 5. The number of carboxylic acid groups (broad SMARTS) is 1. The predicted molar refractivity (Wildman–Crippen MR) is 170 cm³/mol. The SMILES string of the molecule is CCC(Sc1cccc(NC(=O)/C(=C\c2cccc(C)c2)NC(=O)c2ccccc2)c1)C(=O)Nc1ccc(C(=O)O)cc1. The molecule has 0 radical (unpaired) electrons. The highest BCUT2D eigenvalue weighted by molar-refractivity contribution is 8.00. The van der Waals surface area contributed by atoms with Gasteiger partial charge in [-0.2, -0.15) is 0 Å². The predicted octanol–water partition coefficient (Wildman–Crippen LogP) is 6.61. The Morgan fingerprint density at radius 2 is 1.51 bits per heavy atom. The minimum absolute atomic E-state index is 0.0808. The smallest absolute Gasteiger partial charge is 0.335 e. The second-order valence-corrected chi connectivity index (χ2v) is 10.9. The topological polar surface area (TPSA) is 125 Å². The molecule has 218 valence electrons.